The van der Waals surface area contributed by atoms with Gasteiger partial charge in [-0.05, 0) is 24.4 Å². The van der Waals surface area contributed by atoms with Gasteiger partial charge in [-0.15, -0.1) is 0 Å². The van der Waals surface area contributed by atoms with Crippen LogP contribution in [0.1, 0.15) is 0 Å². The first kappa shape index (κ1) is 16.8. The second kappa shape index (κ2) is 8.77. The Balaban J connectivity index is 1.76. The van der Waals surface area contributed by atoms with Gasteiger partial charge in [-0.3, -0.25) is 0 Å². The molecule has 122 valence electrons. The molecule has 0 bridgehead atoms. The fourth-order valence-electron chi connectivity index (χ4n) is 2.35. The lowest BCUT2D eigenvalue weighted by Gasteiger charge is -2.24. The van der Waals surface area contributed by atoms with E-state index in [9.17, 15) is 0 Å². The number of methoxy groups -OCH3 is 2. The molecule has 1 aromatic rings. The molecule has 3 N–H and O–H groups in total. The molecule has 1 heterocycles. The molecule has 1 aromatic carbocycles. The third-order valence-electron chi connectivity index (χ3n) is 3.61. The van der Waals surface area contributed by atoms with Gasteiger partial charge in [0, 0.05) is 11.8 Å². The van der Waals surface area contributed by atoms with Crippen molar-refractivity contribution in [1.29, 1.82) is 0 Å². The maximum atomic E-state index is 5.35. The van der Waals surface area contributed by atoms with E-state index in [4.69, 9.17) is 26.4 Å². The molecule has 0 saturated carbocycles. The summed E-state index contributed by atoms with van der Waals surface area (Å²) in [5.74, 6) is 1.37. The van der Waals surface area contributed by atoms with Crippen molar-refractivity contribution in [3.8, 4) is 11.5 Å². The number of quaternary nitrogens is 1. The van der Waals surface area contributed by atoms with E-state index in [-0.39, 0.29) is 0 Å². The highest BCUT2D eigenvalue weighted by molar-refractivity contribution is 7.80. The molecule has 1 saturated heterocycles. The number of morpholine rings is 1. The van der Waals surface area contributed by atoms with Gasteiger partial charge in [-0.1, -0.05) is 0 Å². The number of rotatable bonds is 6. The van der Waals surface area contributed by atoms with Crippen molar-refractivity contribution in [2.24, 2.45) is 0 Å². The van der Waals surface area contributed by atoms with E-state index in [1.54, 1.807) is 19.1 Å². The molecular formula is C15H24N3O3S+. The van der Waals surface area contributed by atoms with Crippen LogP contribution in [0, 0.1) is 0 Å². The van der Waals surface area contributed by atoms with Crippen molar-refractivity contribution >= 4 is 23.0 Å². The zero-order valence-electron chi connectivity index (χ0n) is 13.1. The molecule has 6 nitrogen and oxygen atoms in total. The molecule has 1 fully saturated rings. The smallest absolute Gasteiger partial charge is 0.170 e. The minimum Gasteiger partial charge on any atom is -0.493 e. The Morgan fingerprint density at radius 2 is 1.95 bits per heavy atom. The number of anilines is 1. The summed E-state index contributed by atoms with van der Waals surface area (Å²) in [4.78, 5) is 1.55. The van der Waals surface area contributed by atoms with Crippen LogP contribution in [0.3, 0.4) is 0 Å². The van der Waals surface area contributed by atoms with Gasteiger partial charge < -0.3 is 29.7 Å². The molecule has 0 spiro atoms. The van der Waals surface area contributed by atoms with Gasteiger partial charge in [0.15, 0.2) is 16.6 Å². The second-order valence-electron chi connectivity index (χ2n) is 5.06. The summed E-state index contributed by atoms with van der Waals surface area (Å²) in [6, 6.07) is 5.62. The molecular weight excluding hydrogens is 302 g/mol. The van der Waals surface area contributed by atoms with Gasteiger partial charge in [0.2, 0.25) is 0 Å². The average Bonchev–Trinajstić information content (AvgIpc) is 2.55. The fraction of sp³-hybridized carbons (Fsp3) is 0.533. The second-order valence-corrected chi connectivity index (χ2v) is 5.47. The van der Waals surface area contributed by atoms with E-state index in [1.807, 2.05) is 18.2 Å². The van der Waals surface area contributed by atoms with E-state index in [2.05, 4.69) is 10.6 Å². The minimum absolute atomic E-state index is 0.611. The third kappa shape index (κ3) is 5.01. The van der Waals surface area contributed by atoms with Crippen molar-refractivity contribution in [2.45, 2.75) is 0 Å². The summed E-state index contributed by atoms with van der Waals surface area (Å²) < 4.78 is 15.8. The average molecular weight is 326 g/mol. The van der Waals surface area contributed by atoms with Crippen LogP contribution in [0.15, 0.2) is 18.2 Å². The Labute approximate surface area is 136 Å². The van der Waals surface area contributed by atoms with E-state index >= 15 is 0 Å². The van der Waals surface area contributed by atoms with Gasteiger partial charge in [-0.25, -0.2) is 0 Å². The van der Waals surface area contributed by atoms with Crippen LogP contribution >= 0.6 is 12.2 Å². The number of ether oxygens (including phenoxy) is 3. The summed E-state index contributed by atoms with van der Waals surface area (Å²) in [6.45, 7) is 5.72. The lowest BCUT2D eigenvalue weighted by molar-refractivity contribution is -0.906. The Bertz CT molecular complexity index is 493. The topological polar surface area (TPSA) is 56.2 Å². The van der Waals surface area contributed by atoms with E-state index < -0.39 is 0 Å². The molecule has 0 aliphatic carbocycles. The Hall–Kier alpha value is -1.57. The van der Waals surface area contributed by atoms with E-state index in [1.165, 1.54) is 0 Å². The van der Waals surface area contributed by atoms with Crippen molar-refractivity contribution in [3.63, 3.8) is 0 Å². The summed E-state index contributed by atoms with van der Waals surface area (Å²) in [5, 5.41) is 7.00. The molecule has 0 aromatic heterocycles. The molecule has 22 heavy (non-hydrogen) atoms. The van der Waals surface area contributed by atoms with Gasteiger partial charge in [0.25, 0.3) is 0 Å². The Morgan fingerprint density at radius 3 is 2.64 bits per heavy atom. The Kier molecular flexibility index (Phi) is 6.70. The van der Waals surface area contributed by atoms with Crippen LogP contribution < -0.4 is 25.0 Å². The first-order chi connectivity index (χ1) is 10.7. The zero-order valence-corrected chi connectivity index (χ0v) is 13.9. The highest BCUT2D eigenvalue weighted by atomic mass is 32.1. The third-order valence-corrected chi connectivity index (χ3v) is 3.85. The van der Waals surface area contributed by atoms with Crippen molar-refractivity contribution in [3.05, 3.63) is 18.2 Å². The summed E-state index contributed by atoms with van der Waals surface area (Å²) in [5.41, 5.74) is 0.869. The highest BCUT2D eigenvalue weighted by Crippen LogP contribution is 2.29. The molecule has 0 unspecified atom stereocenters. The highest BCUT2D eigenvalue weighted by Gasteiger charge is 2.13. The fourth-order valence-corrected chi connectivity index (χ4v) is 2.57. The lowest BCUT2D eigenvalue weighted by atomic mass is 10.3. The Morgan fingerprint density at radius 1 is 1.23 bits per heavy atom. The molecule has 0 radical (unpaired) electrons. The van der Waals surface area contributed by atoms with Crippen molar-refractivity contribution in [2.75, 3.05) is 58.9 Å². The SMILES string of the molecule is COc1ccc(NC(=S)NCC[NH+]2CCOCC2)cc1OC. The van der Waals surface area contributed by atoms with Crippen LogP contribution in [0.5, 0.6) is 11.5 Å². The van der Waals surface area contributed by atoms with Crippen molar-refractivity contribution < 1.29 is 19.1 Å². The largest absolute Gasteiger partial charge is 0.493 e. The maximum Gasteiger partial charge on any atom is 0.170 e. The number of thiocarbonyl (C=S) groups is 1. The van der Waals surface area contributed by atoms with Gasteiger partial charge in [0.05, 0.1) is 40.5 Å². The van der Waals surface area contributed by atoms with Crippen LogP contribution in [0.4, 0.5) is 5.69 Å². The number of benzene rings is 1. The summed E-state index contributed by atoms with van der Waals surface area (Å²) >= 11 is 5.32. The zero-order chi connectivity index (χ0) is 15.8. The minimum atomic E-state index is 0.611. The van der Waals surface area contributed by atoms with Crippen molar-refractivity contribution in [1.82, 2.24) is 5.32 Å². The first-order valence-electron chi connectivity index (χ1n) is 7.41. The van der Waals surface area contributed by atoms with Gasteiger partial charge >= 0.3 is 0 Å². The summed E-state index contributed by atoms with van der Waals surface area (Å²) in [6.07, 6.45) is 0. The van der Waals surface area contributed by atoms with Crippen LogP contribution in [0.2, 0.25) is 0 Å². The summed E-state index contributed by atoms with van der Waals surface area (Å²) in [7, 11) is 3.23. The molecule has 2 rings (SSSR count). The van der Waals surface area contributed by atoms with Gasteiger partial charge in [0.1, 0.15) is 13.1 Å². The van der Waals surface area contributed by atoms with Gasteiger partial charge in [-0.2, -0.15) is 0 Å². The number of hydrogen-bond donors (Lipinski definition) is 3. The number of nitrogens with one attached hydrogen (secondary N) is 3. The normalized spacial score (nSPS) is 15.2. The maximum absolute atomic E-state index is 5.35. The monoisotopic (exact) mass is 326 g/mol. The molecule has 1 aliphatic heterocycles. The van der Waals surface area contributed by atoms with Crippen LogP contribution in [-0.4, -0.2) is 58.7 Å². The molecule has 1 aliphatic rings. The standard InChI is InChI=1S/C15H23N3O3S/c1-19-13-4-3-12(11-14(13)20-2)17-15(22)16-5-6-18-7-9-21-10-8-18/h3-4,11H,5-10H2,1-2H3,(H2,16,17,22)/p+1. The predicted octanol–water partition coefficient (Wildman–Crippen LogP) is -0.0947. The molecule has 0 atom stereocenters. The van der Waals surface area contributed by atoms with E-state index in [0.29, 0.717) is 16.6 Å². The number of hydrogen-bond acceptors (Lipinski definition) is 4. The van der Waals surface area contributed by atoms with Crippen LogP contribution in [-0.2, 0) is 4.74 Å². The molecule has 7 heteroatoms. The quantitative estimate of drug-likeness (QED) is 0.635. The van der Waals surface area contributed by atoms with Crippen LogP contribution in [0.25, 0.3) is 0 Å². The van der Waals surface area contributed by atoms with E-state index in [0.717, 1.165) is 45.1 Å². The molecule has 0 amide bonds. The lowest BCUT2D eigenvalue weighted by Crippen LogP contribution is -3.14. The predicted molar refractivity (Wildman–Crippen MR) is 90.2 cm³/mol. The first-order valence-corrected chi connectivity index (χ1v) is 7.82.